The number of amides is 1. The van der Waals surface area contributed by atoms with E-state index in [9.17, 15) is 14.2 Å². The summed E-state index contributed by atoms with van der Waals surface area (Å²) in [6.45, 7) is 6.63. The number of hydrogen-bond donors (Lipinski definition) is 1. The van der Waals surface area contributed by atoms with Gasteiger partial charge >= 0.3 is 19.7 Å². The van der Waals surface area contributed by atoms with E-state index in [1.165, 1.54) is 0 Å². The summed E-state index contributed by atoms with van der Waals surface area (Å²) in [5.74, 6) is -2.51. The molecule has 0 spiro atoms. The molecule has 1 amide bonds. The van der Waals surface area contributed by atoms with Crippen LogP contribution in [0.25, 0.3) is 0 Å². The first-order valence-corrected chi connectivity index (χ1v) is 11.6. The van der Waals surface area contributed by atoms with Crippen molar-refractivity contribution in [2.75, 3.05) is 27.9 Å². The maximum absolute atomic E-state index is 12.2. The fourth-order valence-corrected chi connectivity index (χ4v) is 3.18. The third kappa shape index (κ3) is 7.08. The van der Waals surface area contributed by atoms with Crippen molar-refractivity contribution in [3.63, 3.8) is 0 Å². The summed E-state index contributed by atoms with van der Waals surface area (Å²) >= 11 is 0. The zero-order valence-electron chi connectivity index (χ0n) is 13.3. The van der Waals surface area contributed by atoms with Crippen LogP contribution in [-0.2, 0) is 27.9 Å². The van der Waals surface area contributed by atoms with Gasteiger partial charge in [-0.2, -0.15) is 0 Å². The van der Waals surface area contributed by atoms with Gasteiger partial charge in [0.25, 0.3) is 0 Å². The highest BCUT2D eigenvalue weighted by molar-refractivity contribution is 7.55. The molecule has 0 rings (SSSR count). The van der Waals surface area contributed by atoms with Gasteiger partial charge < -0.3 is 18.5 Å². The summed E-state index contributed by atoms with van der Waals surface area (Å²) in [7, 11) is -1.88. The Labute approximate surface area is 126 Å². The van der Waals surface area contributed by atoms with Crippen LogP contribution >= 0.6 is 7.60 Å². The number of alkyl carbamates (subject to hydrolysis) is 1. The molecule has 0 aromatic carbocycles. The van der Waals surface area contributed by atoms with Gasteiger partial charge in [0.15, 0.2) is 0 Å². The van der Waals surface area contributed by atoms with Gasteiger partial charge in [-0.1, -0.05) is 19.6 Å². The van der Waals surface area contributed by atoms with E-state index in [4.69, 9.17) is 13.8 Å². The monoisotopic (exact) mass is 341 g/mol. The molecule has 1 atom stereocenters. The zero-order chi connectivity index (χ0) is 16.7. The first-order valence-electron chi connectivity index (χ1n) is 6.32. The van der Waals surface area contributed by atoms with Crippen molar-refractivity contribution in [2.45, 2.75) is 31.5 Å². The van der Waals surface area contributed by atoms with Crippen LogP contribution in [0.2, 0.25) is 25.7 Å². The van der Waals surface area contributed by atoms with Gasteiger partial charge in [-0.05, 0) is 6.04 Å². The smallest absolute Gasteiger partial charge is 0.408 e. The standard InChI is InChI=1S/C11H24NO7PSi/c1-16-10(13)9(20(15,17-2)18-3)12-11(14)19-7-8-21(4,5)6/h9H,7-8H2,1-6H3,(H,12,14). The van der Waals surface area contributed by atoms with Crippen LogP contribution in [0.3, 0.4) is 0 Å². The first-order chi connectivity index (χ1) is 9.59. The summed E-state index contributed by atoms with van der Waals surface area (Å²) < 4.78 is 31.1. The number of nitrogens with one attached hydrogen (secondary N) is 1. The molecule has 10 heteroatoms. The molecule has 0 bridgehead atoms. The lowest BCUT2D eigenvalue weighted by molar-refractivity contribution is -0.141. The van der Waals surface area contributed by atoms with Crippen LogP contribution in [0.1, 0.15) is 0 Å². The van der Waals surface area contributed by atoms with Crippen molar-refractivity contribution in [3.8, 4) is 0 Å². The SMILES string of the molecule is COC(=O)C(NC(=O)OCC[Si](C)(C)C)P(=O)(OC)OC. The van der Waals surface area contributed by atoms with Crippen LogP contribution in [-0.4, -0.2) is 53.9 Å². The summed E-state index contributed by atoms with van der Waals surface area (Å²) in [4.78, 5) is 23.3. The third-order valence-corrected chi connectivity index (χ3v) is 6.28. The van der Waals surface area contributed by atoms with E-state index in [1.807, 2.05) is 0 Å². The molecule has 8 nitrogen and oxygen atoms in total. The van der Waals surface area contributed by atoms with E-state index in [0.717, 1.165) is 27.4 Å². The Kier molecular flexibility index (Phi) is 8.16. The Morgan fingerprint density at radius 1 is 1.14 bits per heavy atom. The molecule has 1 unspecified atom stereocenters. The predicted molar refractivity (Wildman–Crippen MR) is 80.1 cm³/mol. The molecule has 0 heterocycles. The lowest BCUT2D eigenvalue weighted by Crippen LogP contribution is -2.42. The maximum atomic E-state index is 12.2. The predicted octanol–water partition coefficient (Wildman–Crippen LogP) is 2.04. The molecule has 0 aromatic heterocycles. The van der Waals surface area contributed by atoms with Crippen molar-refractivity contribution in [1.82, 2.24) is 5.32 Å². The molecule has 0 saturated heterocycles. The fraction of sp³-hybridized carbons (Fsp3) is 0.818. The van der Waals surface area contributed by atoms with Crippen LogP contribution in [0, 0.1) is 0 Å². The summed E-state index contributed by atoms with van der Waals surface area (Å²) in [6, 6.07) is 0.773. The second-order valence-corrected chi connectivity index (χ2v) is 13.4. The lowest BCUT2D eigenvalue weighted by atomic mass is 10.6. The number of rotatable bonds is 8. The first kappa shape index (κ1) is 20.1. The quantitative estimate of drug-likeness (QED) is 0.409. The van der Waals surface area contributed by atoms with Gasteiger partial charge in [0.2, 0.25) is 5.78 Å². The Bertz CT molecular complexity index is 402. The Morgan fingerprint density at radius 3 is 2.05 bits per heavy atom. The molecule has 1 N–H and O–H groups in total. The van der Waals surface area contributed by atoms with Crippen molar-refractivity contribution in [2.24, 2.45) is 0 Å². The van der Waals surface area contributed by atoms with Gasteiger partial charge in [0.05, 0.1) is 13.7 Å². The summed E-state index contributed by atoms with van der Waals surface area (Å²) in [6.07, 6.45) is -0.877. The molecule has 0 aliphatic rings. The lowest BCUT2D eigenvalue weighted by Gasteiger charge is -2.23. The van der Waals surface area contributed by atoms with Gasteiger partial charge in [-0.25, -0.2) is 9.59 Å². The molecule has 0 aliphatic carbocycles. The number of ether oxygens (including phenoxy) is 2. The highest BCUT2D eigenvalue weighted by atomic mass is 31.2. The molecular weight excluding hydrogens is 317 g/mol. The average Bonchev–Trinajstić information content (AvgIpc) is 2.41. The van der Waals surface area contributed by atoms with E-state index in [0.29, 0.717) is 0 Å². The molecule has 0 fully saturated rings. The number of methoxy groups -OCH3 is 1. The minimum Gasteiger partial charge on any atom is -0.467 e. The minimum atomic E-state index is -3.86. The Hall–Kier alpha value is -0.893. The zero-order valence-corrected chi connectivity index (χ0v) is 15.2. The van der Waals surface area contributed by atoms with Gasteiger partial charge in [-0.15, -0.1) is 0 Å². The third-order valence-electron chi connectivity index (χ3n) is 2.59. The molecular formula is C11H24NO7PSi. The topological polar surface area (TPSA) is 100 Å². The van der Waals surface area contributed by atoms with E-state index in [-0.39, 0.29) is 6.61 Å². The molecule has 0 radical (unpaired) electrons. The highest BCUT2D eigenvalue weighted by Crippen LogP contribution is 2.50. The molecule has 21 heavy (non-hydrogen) atoms. The second kappa shape index (κ2) is 8.53. The molecule has 124 valence electrons. The second-order valence-electron chi connectivity index (χ2n) is 5.42. The van der Waals surface area contributed by atoms with Crippen molar-refractivity contribution >= 4 is 27.7 Å². The van der Waals surface area contributed by atoms with Gasteiger partial charge in [0.1, 0.15) is 0 Å². The van der Waals surface area contributed by atoms with Crippen LogP contribution < -0.4 is 5.32 Å². The summed E-state index contributed by atoms with van der Waals surface area (Å²) in [5.41, 5.74) is 0. The number of esters is 1. The molecule has 0 aliphatic heterocycles. The summed E-state index contributed by atoms with van der Waals surface area (Å²) in [5, 5.41) is 2.16. The van der Waals surface area contributed by atoms with Crippen LogP contribution in [0.15, 0.2) is 0 Å². The van der Waals surface area contributed by atoms with E-state index in [2.05, 4.69) is 29.7 Å². The fourth-order valence-electron chi connectivity index (χ4n) is 1.27. The minimum absolute atomic E-state index is 0.222. The highest BCUT2D eigenvalue weighted by Gasteiger charge is 2.42. The number of carbonyl (C=O) groups is 2. The van der Waals surface area contributed by atoms with Crippen molar-refractivity contribution < 1.29 is 32.7 Å². The van der Waals surface area contributed by atoms with Crippen LogP contribution in [0.5, 0.6) is 0 Å². The van der Waals surface area contributed by atoms with Gasteiger partial charge in [0, 0.05) is 22.3 Å². The van der Waals surface area contributed by atoms with E-state index >= 15 is 0 Å². The maximum Gasteiger partial charge on any atom is 0.408 e. The van der Waals surface area contributed by atoms with Crippen LogP contribution in [0.4, 0.5) is 4.79 Å². The van der Waals surface area contributed by atoms with Gasteiger partial charge in [-0.3, -0.25) is 9.88 Å². The van der Waals surface area contributed by atoms with Crippen molar-refractivity contribution in [3.05, 3.63) is 0 Å². The molecule has 0 saturated carbocycles. The number of carbonyl (C=O) groups excluding carboxylic acids is 2. The Balaban J connectivity index is 4.73. The Morgan fingerprint density at radius 2 is 1.67 bits per heavy atom. The average molecular weight is 341 g/mol. The van der Waals surface area contributed by atoms with E-state index in [1.54, 1.807) is 0 Å². The molecule has 0 aromatic rings. The van der Waals surface area contributed by atoms with Crippen molar-refractivity contribution in [1.29, 1.82) is 0 Å². The largest absolute Gasteiger partial charge is 0.467 e. The normalized spacial score (nSPS) is 13.4. The number of hydrogen-bond acceptors (Lipinski definition) is 7. The van der Waals surface area contributed by atoms with E-state index < -0.39 is 33.5 Å².